The zero-order valence-corrected chi connectivity index (χ0v) is 14.2. The fourth-order valence-electron chi connectivity index (χ4n) is 3.89. The molecule has 4 heteroatoms. The van der Waals surface area contributed by atoms with Crippen LogP contribution in [0.1, 0.15) is 51.0 Å². The number of hydrogen-bond acceptors (Lipinski definition) is 3. The lowest BCUT2D eigenvalue weighted by Gasteiger charge is -2.44. The summed E-state index contributed by atoms with van der Waals surface area (Å²) in [5.74, 6) is 0. The largest absolute Gasteiger partial charge is 0.312 e. The van der Waals surface area contributed by atoms with Gasteiger partial charge in [-0.2, -0.15) is 5.10 Å². The summed E-state index contributed by atoms with van der Waals surface area (Å²) in [4.78, 5) is 2.48. The molecule has 1 fully saturated rings. The van der Waals surface area contributed by atoms with Gasteiger partial charge in [0.15, 0.2) is 0 Å². The molecule has 0 aromatic carbocycles. The number of rotatable bonds is 8. The second kappa shape index (κ2) is 7.41. The number of nitrogens with zero attached hydrogens (tertiary/aromatic N) is 3. The first-order chi connectivity index (χ1) is 10.1. The molecule has 1 unspecified atom stereocenters. The normalized spacial score (nSPS) is 19.3. The van der Waals surface area contributed by atoms with Gasteiger partial charge in [0.1, 0.15) is 0 Å². The van der Waals surface area contributed by atoms with Crippen LogP contribution in [0.5, 0.6) is 0 Å². The van der Waals surface area contributed by atoms with Crippen LogP contribution in [0.25, 0.3) is 0 Å². The Labute approximate surface area is 129 Å². The van der Waals surface area contributed by atoms with Crippen molar-refractivity contribution in [1.29, 1.82) is 0 Å². The number of aryl methyl sites for hydroxylation is 2. The van der Waals surface area contributed by atoms with Gasteiger partial charge in [-0.3, -0.25) is 4.68 Å². The van der Waals surface area contributed by atoms with Crippen molar-refractivity contribution in [3.05, 3.63) is 18.0 Å². The Kier molecular flexibility index (Phi) is 5.82. The molecule has 1 aromatic rings. The second-order valence-corrected chi connectivity index (χ2v) is 6.77. The van der Waals surface area contributed by atoms with Gasteiger partial charge in [-0.25, -0.2) is 0 Å². The third-order valence-corrected chi connectivity index (χ3v) is 5.13. The van der Waals surface area contributed by atoms with Crippen molar-refractivity contribution < 1.29 is 0 Å². The van der Waals surface area contributed by atoms with E-state index >= 15 is 0 Å². The monoisotopic (exact) mass is 292 g/mol. The first kappa shape index (κ1) is 16.5. The molecule has 2 rings (SSSR count). The van der Waals surface area contributed by atoms with Gasteiger partial charge in [0.05, 0.1) is 6.20 Å². The van der Waals surface area contributed by atoms with Gasteiger partial charge in [0.2, 0.25) is 0 Å². The fourth-order valence-corrected chi connectivity index (χ4v) is 3.89. The molecule has 1 aromatic heterocycles. The average Bonchev–Trinajstić information content (AvgIpc) is 3.09. The highest BCUT2D eigenvalue weighted by Gasteiger charge is 2.42. The van der Waals surface area contributed by atoms with Gasteiger partial charge in [-0.1, -0.05) is 19.8 Å². The lowest BCUT2D eigenvalue weighted by molar-refractivity contribution is 0.1000. The van der Waals surface area contributed by atoms with E-state index in [0.717, 1.165) is 13.0 Å². The maximum Gasteiger partial charge on any atom is 0.0521 e. The molecule has 21 heavy (non-hydrogen) atoms. The molecule has 120 valence electrons. The maximum atomic E-state index is 4.29. The van der Waals surface area contributed by atoms with Crippen molar-refractivity contribution in [3.63, 3.8) is 0 Å². The molecule has 0 radical (unpaired) electrons. The molecule has 1 aliphatic carbocycles. The van der Waals surface area contributed by atoms with Crippen LogP contribution in [-0.4, -0.2) is 46.9 Å². The SMILES string of the molecule is CCCNC(CCc1cnn(C)c1)C1(N(C)C)CCCC1. The van der Waals surface area contributed by atoms with Gasteiger partial charge in [-0.15, -0.1) is 0 Å². The van der Waals surface area contributed by atoms with E-state index in [2.05, 4.69) is 42.5 Å². The van der Waals surface area contributed by atoms with E-state index in [-0.39, 0.29) is 0 Å². The predicted molar refractivity (Wildman–Crippen MR) is 88.5 cm³/mol. The van der Waals surface area contributed by atoms with E-state index in [1.54, 1.807) is 0 Å². The van der Waals surface area contributed by atoms with Crippen LogP contribution in [0.15, 0.2) is 12.4 Å². The molecule has 4 nitrogen and oxygen atoms in total. The van der Waals surface area contributed by atoms with Gasteiger partial charge >= 0.3 is 0 Å². The molecule has 0 amide bonds. The maximum absolute atomic E-state index is 4.29. The van der Waals surface area contributed by atoms with E-state index in [0.29, 0.717) is 11.6 Å². The summed E-state index contributed by atoms with van der Waals surface area (Å²) in [6.45, 7) is 3.37. The quantitative estimate of drug-likeness (QED) is 0.799. The Balaban J connectivity index is 2.05. The second-order valence-electron chi connectivity index (χ2n) is 6.77. The molecule has 1 aliphatic rings. The van der Waals surface area contributed by atoms with Gasteiger partial charge < -0.3 is 10.2 Å². The van der Waals surface area contributed by atoms with Crippen LogP contribution in [-0.2, 0) is 13.5 Å². The van der Waals surface area contributed by atoms with Crippen molar-refractivity contribution >= 4 is 0 Å². The van der Waals surface area contributed by atoms with Gasteiger partial charge in [0, 0.05) is 24.8 Å². The lowest BCUT2D eigenvalue weighted by atomic mass is 9.83. The summed E-state index contributed by atoms with van der Waals surface area (Å²) in [6.07, 6.45) is 13.1. The summed E-state index contributed by atoms with van der Waals surface area (Å²) in [5, 5.41) is 8.13. The Bertz CT molecular complexity index is 418. The molecular formula is C17H32N4. The first-order valence-electron chi connectivity index (χ1n) is 8.47. The Hall–Kier alpha value is -0.870. The molecule has 1 atom stereocenters. The smallest absolute Gasteiger partial charge is 0.0521 e. The summed E-state index contributed by atoms with van der Waals surface area (Å²) < 4.78 is 1.90. The number of nitrogens with one attached hydrogen (secondary N) is 1. The van der Waals surface area contributed by atoms with Gasteiger partial charge in [0.25, 0.3) is 0 Å². The molecular weight excluding hydrogens is 260 g/mol. The molecule has 0 spiro atoms. The molecule has 1 heterocycles. The highest BCUT2D eigenvalue weighted by molar-refractivity contribution is 5.07. The van der Waals surface area contributed by atoms with Crippen LogP contribution < -0.4 is 5.32 Å². The minimum atomic E-state index is 0.345. The lowest BCUT2D eigenvalue weighted by Crippen LogP contribution is -2.57. The van der Waals surface area contributed by atoms with Crippen LogP contribution in [0.2, 0.25) is 0 Å². The minimum Gasteiger partial charge on any atom is -0.312 e. The molecule has 1 saturated carbocycles. The summed E-state index contributed by atoms with van der Waals surface area (Å²) in [6, 6.07) is 0.579. The first-order valence-corrected chi connectivity index (χ1v) is 8.47. The van der Waals surface area contributed by atoms with Gasteiger partial charge in [-0.05, 0) is 58.3 Å². The highest BCUT2D eigenvalue weighted by Crippen LogP contribution is 2.38. The highest BCUT2D eigenvalue weighted by atomic mass is 15.2. The van der Waals surface area contributed by atoms with E-state index in [1.165, 1.54) is 44.1 Å². The summed E-state index contributed by atoms with van der Waals surface area (Å²) in [5.41, 5.74) is 1.70. The number of aromatic nitrogens is 2. The predicted octanol–water partition coefficient (Wildman–Crippen LogP) is 2.60. The van der Waals surface area contributed by atoms with E-state index in [9.17, 15) is 0 Å². The zero-order chi connectivity index (χ0) is 15.3. The third kappa shape index (κ3) is 3.86. The third-order valence-electron chi connectivity index (χ3n) is 5.13. The average molecular weight is 292 g/mol. The van der Waals surface area contributed by atoms with E-state index in [4.69, 9.17) is 0 Å². The fraction of sp³-hybridized carbons (Fsp3) is 0.824. The Morgan fingerprint density at radius 3 is 2.62 bits per heavy atom. The number of hydrogen-bond donors (Lipinski definition) is 1. The molecule has 0 saturated heterocycles. The van der Waals surface area contributed by atoms with Crippen LogP contribution in [0.4, 0.5) is 0 Å². The molecule has 0 aliphatic heterocycles. The van der Waals surface area contributed by atoms with E-state index < -0.39 is 0 Å². The van der Waals surface area contributed by atoms with Crippen molar-refractivity contribution in [1.82, 2.24) is 20.0 Å². The van der Waals surface area contributed by atoms with Crippen molar-refractivity contribution in [2.24, 2.45) is 7.05 Å². The standard InChI is InChI=1S/C17H32N4/c1-5-12-18-16(9-8-15-13-19-21(4)14-15)17(20(2)3)10-6-7-11-17/h13-14,16,18H,5-12H2,1-4H3. The van der Waals surface area contributed by atoms with Crippen LogP contribution >= 0.6 is 0 Å². The minimum absolute atomic E-state index is 0.345. The summed E-state index contributed by atoms with van der Waals surface area (Å²) >= 11 is 0. The summed E-state index contributed by atoms with van der Waals surface area (Å²) in [7, 11) is 6.51. The Morgan fingerprint density at radius 2 is 2.10 bits per heavy atom. The van der Waals surface area contributed by atoms with Crippen molar-refractivity contribution in [3.8, 4) is 0 Å². The van der Waals surface area contributed by atoms with Crippen LogP contribution in [0, 0.1) is 0 Å². The Morgan fingerprint density at radius 1 is 1.38 bits per heavy atom. The van der Waals surface area contributed by atoms with Crippen molar-refractivity contribution in [2.45, 2.75) is 63.5 Å². The zero-order valence-electron chi connectivity index (χ0n) is 14.2. The van der Waals surface area contributed by atoms with Crippen molar-refractivity contribution in [2.75, 3.05) is 20.6 Å². The van der Waals surface area contributed by atoms with Crippen LogP contribution in [0.3, 0.4) is 0 Å². The topological polar surface area (TPSA) is 33.1 Å². The van der Waals surface area contributed by atoms with E-state index in [1.807, 2.05) is 17.9 Å². The number of likely N-dealkylation sites (N-methyl/N-ethyl adjacent to an activating group) is 1. The molecule has 0 bridgehead atoms. The molecule has 1 N–H and O–H groups in total.